The summed E-state index contributed by atoms with van der Waals surface area (Å²) in [4.78, 5) is 12.0. The van der Waals surface area contributed by atoms with Crippen LogP contribution in [0.25, 0.3) is 0 Å². The first-order valence-corrected chi connectivity index (χ1v) is 6.22. The van der Waals surface area contributed by atoms with Crippen molar-refractivity contribution in [1.29, 1.82) is 0 Å². The molecular formula is C14H16FN3O. The van der Waals surface area contributed by atoms with Crippen LogP contribution in [-0.2, 0) is 6.54 Å². The van der Waals surface area contributed by atoms with Crippen LogP contribution in [0.15, 0.2) is 30.3 Å². The molecule has 0 aliphatic heterocycles. The summed E-state index contributed by atoms with van der Waals surface area (Å²) in [6.07, 6.45) is 0.906. The predicted molar refractivity (Wildman–Crippen MR) is 71.6 cm³/mol. The molecule has 1 heterocycles. The predicted octanol–water partition coefficient (Wildman–Crippen LogP) is 2.99. The average Bonchev–Trinajstić information content (AvgIpc) is 2.70. The highest BCUT2D eigenvalue weighted by molar-refractivity contribution is 6.04. The Hall–Kier alpha value is -2.17. The van der Waals surface area contributed by atoms with E-state index in [1.807, 2.05) is 13.8 Å². The maximum Gasteiger partial charge on any atom is 0.259 e. The van der Waals surface area contributed by atoms with Crippen molar-refractivity contribution in [2.24, 2.45) is 0 Å². The number of aromatic nitrogens is 2. The normalized spacial score (nSPS) is 10.5. The molecule has 0 spiro atoms. The van der Waals surface area contributed by atoms with Crippen molar-refractivity contribution in [2.75, 3.05) is 5.32 Å². The molecule has 0 aliphatic rings. The van der Waals surface area contributed by atoms with Crippen LogP contribution < -0.4 is 5.32 Å². The molecule has 5 heteroatoms. The smallest absolute Gasteiger partial charge is 0.259 e. The number of anilines is 1. The lowest BCUT2D eigenvalue weighted by Crippen LogP contribution is -2.17. The minimum absolute atomic E-state index is 0.0319. The Labute approximate surface area is 111 Å². The van der Waals surface area contributed by atoms with Crippen LogP contribution in [0.3, 0.4) is 0 Å². The van der Waals surface area contributed by atoms with Crippen LogP contribution in [0.2, 0.25) is 0 Å². The van der Waals surface area contributed by atoms with Gasteiger partial charge in [0.2, 0.25) is 0 Å². The van der Waals surface area contributed by atoms with Gasteiger partial charge in [-0.1, -0.05) is 19.1 Å². The van der Waals surface area contributed by atoms with E-state index in [0.717, 1.165) is 12.1 Å². The number of aryl methyl sites for hydroxylation is 2. The van der Waals surface area contributed by atoms with Gasteiger partial charge in [-0.2, -0.15) is 5.10 Å². The summed E-state index contributed by atoms with van der Waals surface area (Å²) in [6.45, 7) is 4.59. The third-order valence-electron chi connectivity index (χ3n) is 2.70. The Morgan fingerprint density at radius 2 is 2.16 bits per heavy atom. The first-order chi connectivity index (χ1) is 9.11. The number of carbonyl (C=O) groups is 1. The molecule has 0 saturated heterocycles. The quantitative estimate of drug-likeness (QED) is 0.919. The molecule has 2 aromatic rings. The standard InChI is InChI=1S/C14H16FN3O/c1-3-8-18-13(9-10(2)17-18)16-14(19)11-6-4-5-7-12(11)15/h4-7,9H,3,8H2,1-2H3,(H,16,19). The number of halogens is 1. The second-order valence-electron chi connectivity index (χ2n) is 4.33. The largest absolute Gasteiger partial charge is 0.307 e. The van der Waals surface area contributed by atoms with E-state index in [2.05, 4.69) is 10.4 Å². The Bertz CT molecular complexity index is 592. The molecule has 1 amide bonds. The summed E-state index contributed by atoms with van der Waals surface area (Å²) in [5.74, 6) is -0.402. The van der Waals surface area contributed by atoms with E-state index in [1.165, 1.54) is 12.1 Å². The lowest BCUT2D eigenvalue weighted by molar-refractivity contribution is 0.102. The molecule has 1 aromatic heterocycles. The topological polar surface area (TPSA) is 46.9 Å². The first kappa shape index (κ1) is 13.3. The lowest BCUT2D eigenvalue weighted by Gasteiger charge is -2.08. The second-order valence-corrected chi connectivity index (χ2v) is 4.33. The number of hydrogen-bond acceptors (Lipinski definition) is 2. The SMILES string of the molecule is CCCn1nc(C)cc1NC(=O)c1ccccc1F. The Balaban J connectivity index is 2.22. The fraction of sp³-hybridized carbons (Fsp3) is 0.286. The number of benzene rings is 1. The highest BCUT2D eigenvalue weighted by Crippen LogP contribution is 2.14. The van der Waals surface area contributed by atoms with Crippen molar-refractivity contribution >= 4 is 11.7 Å². The van der Waals surface area contributed by atoms with Crippen LogP contribution in [0.1, 0.15) is 29.4 Å². The number of hydrogen-bond donors (Lipinski definition) is 1. The zero-order valence-corrected chi connectivity index (χ0v) is 11.0. The van der Waals surface area contributed by atoms with Gasteiger partial charge in [0, 0.05) is 12.6 Å². The first-order valence-electron chi connectivity index (χ1n) is 6.22. The number of rotatable bonds is 4. The average molecular weight is 261 g/mol. The van der Waals surface area contributed by atoms with Gasteiger partial charge in [0.1, 0.15) is 11.6 Å². The van der Waals surface area contributed by atoms with Gasteiger partial charge in [0.25, 0.3) is 5.91 Å². The third-order valence-corrected chi connectivity index (χ3v) is 2.70. The Kier molecular flexibility index (Phi) is 3.94. The monoisotopic (exact) mass is 261 g/mol. The summed E-state index contributed by atoms with van der Waals surface area (Å²) < 4.78 is 15.2. The molecule has 2 rings (SSSR count). The molecule has 1 N–H and O–H groups in total. The van der Waals surface area contributed by atoms with Gasteiger partial charge in [-0.05, 0) is 25.5 Å². The van der Waals surface area contributed by atoms with Gasteiger partial charge in [0.15, 0.2) is 0 Å². The van der Waals surface area contributed by atoms with E-state index in [9.17, 15) is 9.18 Å². The minimum atomic E-state index is -0.529. The van der Waals surface area contributed by atoms with Gasteiger partial charge in [-0.3, -0.25) is 4.79 Å². The molecule has 100 valence electrons. The zero-order valence-electron chi connectivity index (χ0n) is 11.0. The van der Waals surface area contributed by atoms with Crippen LogP contribution in [0, 0.1) is 12.7 Å². The Morgan fingerprint density at radius 3 is 2.84 bits per heavy atom. The van der Waals surface area contributed by atoms with Gasteiger partial charge in [-0.25, -0.2) is 9.07 Å². The van der Waals surface area contributed by atoms with Crippen LogP contribution in [0.4, 0.5) is 10.2 Å². The fourth-order valence-electron chi connectivity index (χ4n) is 1.86. The van der Waals surface area contributed by atoms with E-state index in [-0.39, 0.29) is 5.56 Å². The molecule has 0 unspecified atom stereocenters. The number of nitrogens with zero attached hydrogens (tertiary/aromatic N) is 2. The summed E-state index contributed by atoms with van der Waals surface area (Å²) in [7, 11) is 0. The van der Waals surface area contributed by atoms with Crippen molar-refractivity contribution in [3.05, 3.63) is 47.4 Å². The molecule has 0 atom stereocenters. The van der Waals surface area contributed by atoms with E-state index in [1.54, 1.807) is 22.9 Å². The van der Waals surface area contributed by atoms with Gasteiger partial charge in [-0.15, -0.1) is 0 Å². The molecule has 1 aromatic carbocycles. The van der Waals surface area contributed by atoms with E-state index in [4.69, 9.17) is 0 Å². The fourth-order valence-corrected chi connectivity index (χ4v) is 1.86. The molecule has 0 aliphatic carbocycles. The van der Waals surface area contributed by atoms with Crippen molar-refractivity contribution in [1.82, 2.24) is 9.78 Å². The van der Waals surface area contributed by atoms with Crippen LogP contribution in [-0.4, -0.2) is 15.7 Å². The van der Waals surface area contributed by atoms with Gasteiger partial charge < -0.3 is 5.32 Å². The highest BCUT2D eigenvalue weighted by atomic mass is 19.1. The Morgan fingerprint density at radius 1 is 1.42 bits per heavy atom. The maximum absolute atomic E-state index is 13.5. The summed E-state index contributed by atoms with van der Waals surface area (Å²) in [5.41, 5.74) is 0.849. The number of nitrogens with one attached hydrogen (secondary N) is 1. The van der Waals surface area contributed by atoms with Gasteiger partial charge >= 0.3 is 0 Å². The summed E-state index contributed by atoms with van der Waals surface area (Å²) in [6, 6.07) is 7.68. The van der Waals surface area contributed by atoms with Crippen molar-refractivity contribution in [3.8, 4) is 0 Å². The number of amides is 1. The second kappa shape index (κ2) is 5.65. The molecule has 0 saturated carbocycles. The van der Waals surface area contributed by atoms with E-state index >= 15 is 0 Å². The van der Waals surface area contributed by atoms with Crippen molar-refractivity contribution in [3.63, 3.8) is 0 Å². The van der Waals surface area contributed by atoms with Crippen molar-refractivity contribution < 1.29 is 9.18 Å². The summed E-state index contributed by atoms with van der Waals surface area (Å²) >= 11 is 0. The van der Waals surface area contributed by atoms with Crippen LogP contribution in [0.5, 0.6) is 0 Å². The molecule has 19 heavy (non-hydrogen) atoms. The lowest BCUT2D eigenvalue weighted by atomic mass is 10.2. The molecule has 0 bridgehead atoms. The summed E-state index contributed by atoms with van der Waals surface area (Å²) in [5, 5.41) is 6.97. The molecule has 0 radical (unpaired) electrons. The third kappa shape index (κ3) is 2.99. The minimum Gasteiger partial charge on any atom is -0.307 e. The van der Waals surface area contributed by atoms with Gasteiger partial charge in [0.05, 0.1) is 11.3 Å². The molecular weight excluding hydrogens is 245 g/mol. The van der Waals surface area contributed by atoms with Crippen LogP contribution >= 0.6 is 0 Å². The van der Waals surface area contributed by atoms with E-state index in [0.29, 0.717) is 12.4 Å². The molecule has 0 fully saturated rings. The number of carbonyl (C=O) groups excluding carboxylic acids is 1. The zero-order chi connectivity index (χ0) is 13.8. The van der Waals surface area contributed by atoms with E-state index < -0.39 is 11.7 Å². The van der Waals surface area contributed by atoms with Crippen molar-refractivity contribution in [2.45, 2.75) is 26.8 Å². The molecule has 4 nitrogen and oxygen atoms in total. The highest BCUT2D eigenvalue weighted by Gasteiger charge is 2.13. The maximum atomic E-state index is 13.5.